The van der Waals surface area contributed by atoms with Crippen molar-refractivity contribution in [2.24, 2.45) is 0 Å². The fourth-order valence-electron chi connectivity index (χ4n) is 1.75. The third-order valence-corrected chi connectivity index (χ3v) is 2.65. The number of nitrogens with zero attached hydrogens (tertiary/aromatic N) is 2. The molecule has 0 bridgehead atoms. The predicted molar refractivity (Wildman–Crippen MR) is 72.4 cm³/mol. The van der Waals surface area contributed by atoms with Crippen LogP contribution in [0.15, 0.2) is 24.5 Å². The van der Waals surface area contributed by atoms with Gasteiger partial charge in [-0.15, -0.1) is 0 Å². The maximum absolute atomic E-state index is 4.47. The number of hydrogen-bond donors (Lipinski definition) is 1. The second-order valence-electron chi connectivity index (χ2n) is 4.98. The number of pyridine rings is 2. The van der Waals surface area contributed by atoms with Crippen LogP contribution in [-0.4, -0.2) is 16.0 Å². The molecule has 0 spiro atoms. The summed E-state index contributed by atoms with van der Waals surface area (Å²) in [5, 5.41) is 5.58. The number of nitrogens with one attached hydrogen (secondary N) is 1. The van der Waals surface area contributed by atoms with Crippen LogP contribution < -0.4 is 5.32 Å². The molecule has 0 atom stereocenters. The van der Waals surface area contributed by atoms with E-state index in [1.54, 1.807) is 0 Å². The molecule has 0 unspecified atom stereocenters. The van der Waals surface area contributed by atoms with E-state index >= 15 is 0 Å². The van der Waals surface area contributed by atoms with Crippen molar-refractivity contribution < 1.29 is 0 Å². The lowest BCUT2D eigenvalue weighted by atomic mass is 10.1. The first kappa shape index (κ1) is 11.8. The predicted octanol–water partition coefficient (Wildman–Crippen LogP) is 3.57. The SMILES string of the molecule is CC(C)Nc1cc2cnc(C(C)C)cc2cn1. The molecule has 2 aromatic rings. The second-order valence-corrected chi connectivity index (χ2v) is 4.98. The Hall–Kier alpha value is -1.64. The van der Waals surface area contributed by atoms with Crippen molar-refractivity contribution in [1.29, 1.82) is 0 Å². The number of anilines is 1. The molecular weight excluding hydrogens is 210 g/mol. The lowest BCUT2D eigenvalue weighted by molar-refractivity contribution is 0.826. The summed E-state index contributed by atoms with van der Waals surface area (Å²) in [7, 11) is 0. The highest BCUT2D eigenvalue weighted by molar-refractivity contribution is 5.83. The molecular formula is C14H19N3. The maximum atomic E-state index is 4.47. The van der Waals surface area contributed by atoms with Gasteiger partial charge in [0.05, 0.1) is 0 Å². The van der Waals surface area contributed by atoms with Gasteiger partial charge in [0.15, 0.2) is 0 Å². The summed E-state index contributed by atoms with van der Waals surface area (Å²) in [4.78, 5) is 8.88. The molecule has 0 aliphatic carbocycles. The van der Waals surface area contributed by atoms with Crippen LogP contribution in [0.5, 0.6) is 0 Å². The Labute approximate surface area is 102 Å². The lowest BCUT2D eigenvalue weighted by Gasteiger charge is -2.10. The van der Waals surface area contributed by atoms with Crippen LogP contribution in [0.25, 0.3) is 10.8 Å². The van der Waals surface area contributed by atoms with E-state index < -0.39 is 0 Å². The van der Waals surface area contributed by atoms with E-state index in [-0.39, 0.29) is 0 Å². The average Bonchev–Trinajstić information content (AvgIpc) is 2.27. The smallest absolute Gasteiger partial charge is 0.126 e. The van der Waals surface area contributed by atoms with Crippen LogP contribution in [0.2, 0.25) is 0 Å². The van der Waals surface area contributed by atoms with E-state index in [4.69, 9.17) is 0 Å². The maximum Gasteiger partial charge on any atom is 0.126 e. The van der Waals surface area contributed by atoms with Crippen LogP contribution >= 0.6 is 0 Å². The van der Waals surface area contributed by atoms with E-state index in [0.29, 0.717) is 12.0 Å². The summed E-state index contributed by atoms with van der Waals surface area (Å²) in [6.45, 7) is 8.50. The van der Waals surface area contributed by atoms with Gasteiger partial charge >= 0.3 is 0 Å². The summed E-state index contributed by atoms with van der Waals surface area (Å²) in [6.07, 6.45) is 3.84. The van der Waals surface area contributed by atoms with E-state index in [1.807, 2.05) is 18.5 Å². The Morgan fingerprint density at radius 2 is 1.59 bits per heavy atom. The van der Waals surface area contributed by atoms with Gasteiger partial charge in [-0.1, -0.05) is 13.8 Å². The van der Waals surface area contributed by atoms with Gasteiger partial charge < -0.3 is 5.32 Å². The summed E-state index contributed by atoms with van der Waals surface area (Å²) in [5.74, 6) is 1.36. The zero-order valence-corrected chi connectivity index (χ0v) is 10.9. The van der Waals surface area contributed by atoms with Crippen molar-refractivity contribution in [3.63, 3.8) is 0 Å². The molecule has 0 radical (unpaired) electrons. The summed E-state index contributed by atoms with van der Waals surface area (Å²) in [6, 6.07) is 4.56. The number of aromatic nitrogens is 2. The molecule has 0 fully saturated rings. The minimum absolute atomic E-state index is 0.392. The minimum atomic E-state index is 0.392. The van der Waals surface area contributed by atoms with Crippen LogP contribution in [-0.2, 0) is 0 Å². The number of hydrogen-bond acceptors (Lipinski definition) is 3. The van der Waals surface area contributed by atoms with Crippen LogP contribution in [0.1, 0.15) is 39.3 Å². The molecule has 3 nitrogen and oxygen atoms in total. The third kappa shape index (κ3) is 2.73. The highest BCUT2D eigenvalue weighted by Gasteiger charge is 2.04. The summed E-state index contributed by atoms with van der Waals surface area (Å²) < 4.78 is 0. The first-order chi connectivity index (χ1) is 8.06. The Bertz CT molecular complexity index is 518. The molecule has 3 heteroatoms. The van der Waals surface area contributed by atoms with Crippen LogP contribution in [0.4, 0.5) is 5.82 Å². The Morgan fingerprint density at radius 1 is 0.941 bits per heavy atom. The second kappa shape index (κ2) is 4.70. The molecule has 0 aliphatic rings. The molecule has 0 aromatic carbocycles. The van der Waals surface area contributed by atoms with Crippen LogP contribution in [0.3, 0.4) is 0 Å². The fourth-order valence-corrected chi connectivity index (χ4v) is 1.75. The van der Waals surface area contributed by atoms with Crippen molar-refractivity contribution in [3.05, 3.63) is 30.2 Å². The topological polar surface area (TPSA) is 37.8 Å². The average molecular weight is 229 g/mol. The molecule has 2 aromatic heterocycles. The monoisotopic (exact) mass is 229 g/mol. The third-order valence-electron chi connectivity index (χ3n) is 2.65. The summed E-state index contributed by atoms with van der Waals surface area (Å²) in [5.41, 5.74) is 1.11. The molecule has 2 rings (SSSR count). The molecule has 17 heavy (non-hydrogen) atoms. The first-order valence-electron chi connectivity index (χ1n) is 6.08. The van der Waals surface area contributed by atoms with Gasteiger partial charge in [0, 0.05) is 34.9 Å². The molecule has 2 heterocycles. The normalized spacial score (nSPS) is 11.4. The van der Waals surface area contributed by atoms with Gasteiger partial charge in [-0.3, -0.25) is 4.98 Å². The van der Waals surface area contributed by atoms with Crippen molar-refractivity contribution >= 4 is 16.6 Å². The lowest BCUT2D eigenvalue weighted by Crippen LogP contribution is -2.10. The van der Waals surface area contributed by atoms with E-state index in [0.717, 1.165) is 22.3 Å². The van der Waals surface area contributed by atoms with Crippen molar-refractivity contribution in [1.82, 2.24) is 9.97 Å². The number of fused-ring (bicyclic) bond motifs is 1. The Morgan fingerprint density at radius 3 is 2.24 bits per heavy atom. The Balaban J connectivity index is 2.39. The highest BCUT2D eigenvalue weighted by Crippen LogP contribution is 2.20. The van der Waals surface area contributed by atoms with Gasteiger partial charge in [0.1, 0.15) is 5.82 Å². The van der Waals surface area contributed by atoms with Gasteiger partial charge in [-0.2, -0.15) is 0 Å². The molecule has 0 saturated carbocycles. The summed E-state index contributed by atoms with van der Waals surface area (Å²) >= 11 is 0. The van der Waals surface area contributed by atoms with Gasteiger partial charge in [0.2, 0.25) is 0 Å². The molecule has 0 amide bonds. The van der Waals surface area contributed by atoms with Crippen LogP contribution in [0, 0.1) is 0 Å². The first-order valence-corrected chi connectivity index (χ1v) is 6.08. The molecule has 1 N–H and O–H groups in total. The quantitative estimate of drug-likeness (QED) is 0.874. The van der Waals surface area contributed by atoms with Gasteiger partial charge in [0.25, 0.3) is 0 Å². The van der Waals surface area contributed by atoms with Crippen molar-refractivity contribution in [2.45, 2.75) is 39.7 Å². The van der Waals surface area contributed by atoms with E-state index in [2.05, 4.69) is 49.0 Å². The fraction of sp³-hybridized carbons (Fsp3) is 0.429. The zero-order chi connectivity index (χ0) is 12.4. The van der Waals surface area contributed by atoms with E-state index in [9.17, 15) is 0 Å². The highest BCUT2D eigenvalue weighted by atomic mass is 15.0. The van der Waals surface area contributed by atoms with Gasteiger partial charge in [-0.25, -0.2) is 4.98 Å². The largest absolute Gasteiger partial charge is 0.368 e. The molecule has 0 aliphatic heterocycles. The van der Waals surface area contributed by atoms with E-state index in [1.165, 1.54) is 0 Å². The minimum Gasteiger partial charge on any atom is -0.368 e. The van der Waals surface area contributed by atoms with Gasteiger partial charge in [-0.05, 0) is 31.9 Å². The van der Waals surface area contributed by atoms with Crippen molar-refractivity contribution in [2.75, 3.05) is 5.32 Å². The van der Waals surface area contributed by atoms with Crippen molar-refractivity contribution in [3.8, 4) is 0 Å². The molecule has 90 valence electrons. The molecule has 0 saturated heterocycles. The Kier molecular flexibility index (Phi) is 3.27. The standard InChI is InChI=1S/C14H19N3/c1-9(2)13-5-11-8-16-14(17-10(3)4)6-12(11)7-15-13/h5-10H,1-4H3,(H,16,17). The number of rotatable bonds is 3. The zero-order valence-electron chi connectivity index (χ0n) is 10.9.